The first-order valence-electron chi connectivity index (χ1n) is 10.3. The first kappa shape index (κ1) is 21.0. The minimum Gasteiger partial charge on any atom is -0.497 e. The summed E-state index contributed by atoms with van der Waals surface area (Å²) in [5, 5.41) is 7.27. The van der Waals surface area contributed by atoms with Crippen molar-refractivity contribution >= 4 is 34.1 Å². The highest BCUT2D eigenvalue weighted by Crippen LogP contribution is 2.38. The molecule has 0 aliphatic carbocycles. The van der Waals surface area contributed by atoms with Gasteiger partial charge in [-0.15, -0.1) is 0 Å². The molecule has 3 heterocycles. The van der Waals surface area contributed by atoms with Crippen LogP contribution in [0.25, 0.3) is 10.9 Å². The van der Waals surface area contributed by atoms with Crippen LogP contribution in [0.15, 0.2) is 76.4 Å². The largest absolute Gasteiger partial charge is 0.497 e. The third-order valence-electron chi connectivity index (χ3n) is 5.64. The van der Waals surface area contributed by atoms with E-state index in [0.29, 0.717) is 22.9 Å². The maximum absolute atomic E-state index is 13.3. The van der Waals surface area contributed by atoms with Gasteiger partial charge in [0.1, 0.15) is 16.7 Å². The lowest BCUT2D eigenvalue weighted by Gasteiger charge is -2.22. The summed E-state index contributed by atoms with van der Waals surface area (Å²) in [6, 6.07) is 17.9. The fraction of sp³-hybridized carbons (Fsp3) is 0.160. The molecule has 2 aromatic carbocycles. The highest BCUT2D eigenvalue weighted by atomic mass is 35.5. The zero-order chi connectivity index (χ0) is 22.9. The average Bonchev–Trinajstić information content (AvgIpc) is 3.54. The molecule has 5 rings (SSSR count). The van der Waals surface area contributed by atoms with Crippen molar-refractivity contribution in [2.45, 2.75) is 12.5 Å². The van der Waals surface area contributed by atoms with Crippen LogP contribution in [0.5, 0.6) is 11.5 Å². The number of amides is 1. The molecule has 1 aliphatic heterocycles. The minimum absolute atomic E-state index is 0.200. The number of benzene rings is 2. The first-order chi connectivity index (χ1) is 16.1. The Balaban J connectivity index is 1.58. The van der Waals surface area contributed by atoms with Crippen molar-refractivity contribution in [2.24, 2.45) is 5.10 Å². The van der Waals surface area contributed by atoms with Gasteiger partial charge in [0, 0.05) is 17.4 Å². The van der Waals surface area contributed by atoms with Gasteiger partial charge in [-0.1, -0.05) is 11.6 Å². The summed E-state index contributed by atoms with van der Waals surface area (Å²) in [7, 11) is 3.23. The molecule has 0 N–H and O–H groups in total. The summed E-state index contributed by atoms with van der Waals surface area (Å²) in [6.07, 6.45) is 1.93. The molecule has 1 aliphatic rings. The van der Waals surface area contributed by atoms with Crippen LogP contribution in [0.1, 0.15) is 34.1 Å². The smallest absolute Gasteiger partial charge is 0.310 e. The molecule has 33 heavy (non-hydrogen) atoms. The van der Waals surface area contributed by atoms with E-state index < -0.39 is 6.04 Å². The average molecular weight is 462 g/mol. The topological polar surface area (TPSA) is 77.2 Å². The SMILES string of the molecule is COc1ccc(C2=NN(C(=O)c3ccco3)[C@@H](c3cc4cc(OC)ccc4nc3Cl)C2)cc1. The van der Waals surface area contributed by atoms with Crippen LogP contribution in [0.4, 0.5) is 0 Å². The molecule has 2 aromatic heterocycles. The number of pyridine rings is 1. The normalized spacial score (nSPS) is 15.5. The highest BCUT2D eigenvalue weighted by molar-refractivity contribution is 6.30. The van der Waals surface area contributed by atoms with Gasteiger partial charge in [0.15, 0.2) is 5.76 Å². The minimum atomic E-state index is -0.449. The van der Waals surface area contributed by atoms with Crippen LogP contribution in [-0.4, -0.2) is 35.8 Å². The van der Waals surface area contributed by atoms with Gasteiger partial charge >= 0.3 is 5.91 Å². The number of carbonyl (C=O) groups excluding carboxylic acids is 1. The lowest BCUT2D eigenvalue weighted by atomic mass is 9.98. The van der Waals surface area contributed by atoms with Gasteiger partial charge < -0.3 is 13.9 Å². The maximum atomic E-state index is 13.3. The van der Waals surface area contributed by atoms with Gasteiger partial charge in [-0.2, -0.15) is 5.10 Å². The Morgan fingerprint density at radius 3 is 2.52 bits per heavy atom. The van der Waals surface area contributed by atoms with Crippen LogP contribution < -0.4 is 9.47 Å². The van der Waals surface area contributed by atoms with Crippen LogP contribution in [0.3, 0.4) is 0 Å². The second-order valence-electron chi connectivity index (χ2n) is 7.55. The number of hydrogen-bond donors (Lipinski definition) is 0. The third kappa shape index (κ3) is 3.91. The fourth-order valence-corrected chi connectivity index (χ4v) is 4.19. The summed E-state index contributed by atoms with van der Waals surface area (Å²) in [6.45, 7) is 0. The fourth-order valence-electron chi connectivity index (χ4n) is 3.92. The molecule has 0 fully saturated rings. The quantitative estimate of drug-likeness (QED) is 0.367. The van der Waals surface area contributed by atoms with Crippen LogP contribution in [-0.2, 0) is 0 Å². The number of fused-ring (bicyclic) bond motifs is 1. The van der Waals surface area contributed by atoms with Crippen molar-refractivity contribution < 1.29 is 18.7 Å². The van der Waals surface area contributed by atoms with E-state index in [1.807, 2.05) is 48.5 Å². The number of halogens is 1. The molecule has 0 saturated carbocycles. The van der Waals surface area contributed by atoms with E-state index in [0.717, 1.165) is 27.9 Å². The Hall–Kier alpha value is -3.84. The van der Waals surface area contributed by atoms with Crippen LogP contribution in [0, 0.1) is 0 Å². The standard InChI is InChI=1S/C25H20ClN3O4/c1-31-17-7-5-15(6-8-17)21-14-22(29(28-21)25(30)23-4-3-11-33-23)19-13-16-12-18(32-2)9-10-20(16)27-24(19)26/h3-13,22H,14H2,1-2H3/t22-/m1/s1. The highest BCUT2D eigenvalue weighted by Gasteiger charge is 2.36. The van der Waals surface area contributed by atoms with Crippen molar-refractivity contribution in [1.29, 1.82) is 0 Å². The maximum Gasteiger partial charge on any atom is 0.310 e. The predicted molar refractivity (Wildman–Crippen MR) is 125 cm³/mol. The second-order valence-corrected chi connectivity index (χ2v) is 7.91. The number of hydrogen-bond acceptors (Lipinski definition) is 6. The Morgan fingerprint density at radius 1 is 1.06 bits per heavy atom. The number of rotatable bonds is 5. The van der Waals surface area contributed by atoms with E-state index in [-0.39, 0.29) is 11.7 Å². The molecule has 1 amide bonds. The van der Waals surface area contributed by atoms with E-state index in [4.69, 9.17) is 25.5 Å². The van der Waals surface area contributed by atoms with Crippen molar-refractivity contribution in [3.63, 3.8) is 0 Å². The van der Waals surface area contributed by atoms with Crippen molar-refractivity contribution in [1.82, 2.24) is 9.99 Å². The van der Waals surface area contributed by atoms with Crippen molar-refractivity contribution in [3.05, 3.63) is 89.0 Å². The lowest BCUT2D eigenvalue weighted by molar-refractivity contribution is 0.0678. The molecule has 7 nitrogen and oxygen atoms in total. The summed E-state index contributed by atoms with van der Waals surface area (Å²) >= 11 is 6.61. The number of aromatic nitrogens is 1. The molecular weight excluding hydrogens is 442 g/mol. The van der Waals surface area contributed by atoms with E-state index in [1.54, 1.807) is 26.4 Å². The summed E-state index contributed by atoms with van der Waals surface area (Å²) in [5.41, 5.74) is 3.08. The number of hydrazone groups is 1. The van der Waals surface area contributed by atoms with Gasteiger partial charge in [-0.05, 0) is 66.2 Å². The Morgan fingerprint density at radius 2 is 1.82 bits per heavy atom. The second kappa shape index (κ2) is 8.60. The van der Waals surface area contributed by atoms with E-state index in [1.165, 1.54) is 11.3 Å². The number of furan rings is 1. The van der Waals surface area contributed by atoms with Gasteiger partial charge in [0.05, 0.1) is 37.8 Å². The summed E-state index contributed by atoms with van der Waals surface area (Å²) in [4.78, 5) is 17.8. The monoisotopic (exact) mass is 461 g/mol. The molecule has 0 unspecified atom stereocenters. The lowest BCUT2D eigenvalue weighted by Crippen LogP contribution is -2.27. The molecule has 166 valence electrons. The number of methoxy groups -OCH3 is 2. The zero-order valence-corrected chi connectivity index (χ0v) is 18.7. The molecule has 1 atom stereocenters. The number of carbonyl (C=O) groups is 1. The molecular formula is C25H20ClN3O4. The van der Waals surface area contributed by atoms with Gasteiger partial charge in [-0.3, -0.25) is 4.79 Å². The molecule has 0 spiro atoms. The number of nitrogens with zero attached hydrogens (tertiary/aromatic N) is 3. The summed E-state index contributed by atoms with van der Waals surface area (Å²) in [5.74, 6) is 1.30. The first-order valence-corrected chi connectivity index (χ1v) is 10.7. The molecule has 0 saturated heterocycles. The summed E-state index contributed by atoms with van der Waals surface area (Å²) < 4.78 is 16.0. The predicted octanol–water partition coefficient (Wildman–Crippen LogP) is 5.49. The Labute approximate surface area is 195 Å². The van der Waals surface area contributed by atoms with Gasteiger partial charge in [0.2, 0.25) is 0 Å². The molecule has 0 bridgehead atoms. The van der Waals surface area contributed by atoms with Gasteiger partial charge in [-0.25, -0.2) is 9.99 Å². The van der Waals surface area contributed by atoms with E-state index in [2.05, 4.69) is 10.1 Å². The van der Waals surface area contributed by atoms with E-state index >= 15 is 0 Å². The Kier molecular flexibility index (Phi) is 5.48. The van der Waals surface area contributed by atoms with Crippen molar-refractivity contribution in [3.8, 4) is 11.5 Å². The van der Waals surface area contributed by atoms with Crippen LogP contribution in [0.2, 0.25) is 5.15 Å². The molecule has 8 heteroatoms. The molecule has 0 radical (unpaired) electrons. The van der Waals surface area contributed by atoms with Gasteiger partial charge in [0.25, 0.3) is 0 Å². The van der Waals surface area contributed by atoms with Crippen LogP contribution >= 0.6 is 11.6 Å². The third-order valence-corrected chi connectivity index (χ3v) is 5.94. The Bertz CT molecular complexity index is 1350. The number of ether oxygens (including phenoxy) is 2. The molecule has 4 aromatic rings. The van der Waals surface area contributed by atoms with E-state index in [9.17, 15) is 4.79 Å². The zero-order valence-electron chi connectivity index (χ0n) is 18.0. The van der Waals surface area contributed by atoms with Crippen molar-refractivity contribution in [2.75, 3.05) is 14.2 Å².